The largest absolute Gasteiger partial charge is 0.419 e. The van der Waals surface area contributed by atoms with E-state index >= 15 is 0 Å². The maximum Gasteiger partial charge on any atom is 0.419 e. The molecule has 39 heavy (non-hydrogen) atoms. The topological polar surface area (TPSA) is 94.2 Å². The molecule has 3 unspecified atom stereocenters. The van der Waals surface area contributed by atoms with Crippen LogP contribution in [-0.2, 0) is 10.7 Å². The Balaban J connectivity index is 1.71. The van der Waals surface area contributed by atoms with E-state index < -0.39 is 18.9 Å². The van der Waals surface area contributed by atoms with E-state index in [1.54, 1.807) is 37.4 Å². The quantitative estimate of drug-likeness (QED) is 0.405. The SMILES string of the molecule is CC1CCC2CN1CCCCN(C)C(=O)c1ccc3c(c[nH]c3c1P(C)(C)=O)-c1nc(ncc1C(F)(F)F)N2. The standard InChI is InChI=1S/C27H34F3N6O2P/c1-16-7-8-17-15-36(16)12-6-5-11-35(2)25(37)19-10-9-18-20(13-31-23(18)24(19)39(3,4)38)22-21(27(28,29)30)14-32-26(33-17)34-22/h9-10,13-14,16-17,31H,5-8,11-12,15H2,1-4H3,(H,32,33,34). The minimum Gasteiger partial charge on any atom is -0.360 e. The van der Waals surface area contributed by atoms with Crippen molar-refractivity contribution in [3.05, 3.63) is 35.7 Å². The van der Waals surface area contributed by atoms with Crippen molar-refractivity contribution >= 4 is 35.2 Å². The van der Waals surface area contributed by atoms with Gasteiger partial charge < -0.3 is 19.8 Å². The number of aromatic nitrogens is 3. The van der Waals surface area contributed by atoms with Crippen LogP contribution in [0.25, 0.3) is 22.2 Å². The molecule has 0 spiro atoms. The molecule has 1 fully saturated rings. The molecule has 210 valence electrons. The van der Waals surface area contributed by atoms with Crippen LogP contribution in [0.2, 0.25) is 0 Å². The van der Waals surface area contributed by atoms with Crippen molar-refractivity contribution in [2.45, 2.75) is 50.9 Å². The zero-order chi connectivity index (χ0) is 28.1. The number of rotatable bonds is 1. The van der Waals surface area contributed by atoms with Gasteiger partial charge in [-0.15, -0.1) is 0 Å². The van der Waals surface area contributed by atoms with Gasteiger partial charge in [-0.25, -0.2) is 9.97 Å². The number of aromatic amines is 1. The summed E-state index contributed by atoms with van der Waals surface area (Å²) in [4.78, 5) is 29.0. The number of carbonyl (C=O) groups excluding carboxylic acids is 1. The molecule has 0 aliphatic carbocycles. The molecule has 12 heteroatoms. The predicted octanol–water partition coefficient (Wildman–Crippen LogP) is 5.02. The molecule has 3 aliphatic heterocycles. The Morgan fingerprint density at radius 3 is 2.56 bits per heavy atom. The summed E-state index contributed by atoms with van der Waals surface area (Å²) in [5.41, 5.74) is -0.333. The van der Waals surface area contributed by atoms with E-state index in [0.29, 0.717) is 34.4 Å². The number of anilines is 1. The lowest BCUT2D eigenvalue weighted by molar-refractivity contribution is -0.137. The van der Waals surface area contributed by atoms with E-state index in [2.05, 4.69) is 32.1 Å². The lowest BCUT2D eigenvalue weighted by atomic mass is 9.99. The summed E-state index contributed by atoms with van der Waals surface area (Å²) in [5, 5.41) is 4.03. The highest BCUT2D eigenvalue weighted by Crippen LogP contribution is 2.43. The second kappa shape index (κ2) is 10.2. The van der Waals surface area contributed by atoms with Crippen molar-refractivity contribution in [2.75, 3.05) is 45.3 Å². The molecular formula is C27H34F3N6O2P. The maximum absolute atomic E-state index is 14.1. The highest BCUT2D eigenvalue weighted by Gasteiger charge is 2.37. The van der Waals surface area contributed by atoms with E-state index in [4.69, 9.17) is 0 Å². The van der Waals surface area contributed by atoms with Gasteiger partial charge in [0.15, 0.2) is 0 Å². The summed E-state index contributed by atoms with van der Waals surface area (Å²) in [7, 11) is -1.30. The van der Waals surface area contributed by atoms with Crippen molar-refractivity contribution in [1.82, 2.24) is 24.8 Å². The lowest BCUT2D eigenvalue weighted by Gasteiger charge is -2.38. The molecule has 1 saturated heterocycles. The highest BCUT2D eigenvalue weighted by atomic mass is 31.2. The van der Waals surface area contributed by atoms with E-state index in [9.17, 15) is 22.5 Å². The number of piperidine rings is 1. The molecule has 2 aromatic heterocycles. The van der Waals surface area contributed by atoms with Gasteiger partial charge >= 0.3 is 6.18 Å². The van der Waals surface area contributed by atoms with Gasteiger partial charge in [0.05, 0.1) is 16.8 Å². The van der Waals surface area contributed by atoms with Gasteiger partial charge in [0.2, 0.25) is 5.95 Å². The van der Waals surface area contributed by atoms with Crippen LogP contribution in [0.4, 0.5) is 19.1 Å². The number of alkyl halides is 3. The Morgan fingerprint density at radius 1 is 1.10 bits per heavy atom. The van der Waals surface area contributed by atoms with Crippen molar-refractivity contribution in [1.29, 1.82) is 0 Å². The van der Waals surface area contributed by atoms with Gasteiger partial charge in [0, 0.05) is 60.9 Å². The molecule has 5 heterocycles. The molecule has 1 amide bonds. The molecule has 0 radical (unpaired) electrons. The van der Waals surface area contributed by atoms with Crippen molar-refractivity contribution < 1.29 is 22.5 Å². The smallest absolute Gasteiger partial charge is 0.360 e. The summed E-state index contributed by atoms with van der Waals surface area (Å²) < 4.78 is 55.9. The summed E-state index contributed by atoms with van der Waals surface area (Å²) >= 11 is 0. The van der Waals surface area contributed by atoms with Crippen LogP contribution >= 0.6 is 7.14 Å². The number of carbonyl (C=O) groups is 1. The second-order valence-electron chi connectivity index (χ2n) is 11.1. The van der Waals surface area contributed by atoms with E-state index in [0.717, 1.165) is 45.0 Å². The van der Waals surface area contributed by atoms with Gasteiger partial charge in [-0.1, -0.05) is 6.07 Å². The van der Waals surface area contributed by atoms with Crippen molar-refractivity contribution in [3.8, 4) is 11.3 Å². The molecular weight excluding hydrogens is 528 g/mol. The van der Waals surface area contributed by atoms with Crippen molar-refractivity contribution in [3.63, 3.8) is 0 Å². The van der Waals surface area contributed by atoms with E-state index in [-0.39, 0.29) is 29.2 Å². The van der Waals surface area contributed by atoms with Gasteiger partial charge in [-0.3, -0.25) is 9.69 Å². The van der Waals surface area contributed by atoms with Crippen LogP contribution in [-0.4, -0.2) is 82.8 Å². The molecule has 2 N–H and O–H groups in total. The summed E-state index contributed by atoms with van der Waals surface area (Å²) in [5.74, 6) is -0.123. The van der Waals surface area contributed by atoms with Gasteiger partial charge in [0.25, 0.3) is 5.91 Å². The Labute approximate surface area is 225 Å². The number of hydrogen-bond donors (Lipinski definition) is 2. The monoisotopic (exact) mass is 562 g/mol. The van der Waals surface area contributed by atoms with Crippen LogP contribution in [0.15, 0.2) is 24.5 Å². The number of hydrogen-bond acceptors (Lipinski definition) is 6. The average Bonchev–Trinajstić information content (AvgIpc) is 3.29. The minimum atomic E-state index is -4.68. The van der Waals surface area contributed by atoms with Crippen LogP contribution in [0.5, 0.6) is 0 Å². The highest BCUT2D eigenvalue weighted by molar-refractivity contribution is 7.70. The minimum absolute atomic E-state index is 0.00267. The van der Waals surface area contributed by atoms with Gasteiger partial charge in [0.1, 0.15) is 12.7 Å². The summed E-state index contributed by atoms with van der Waals surface area (Å²) in [6.45, 7) is 7.43. The van der Waals surface area contributed by atoms with Crippen LogP contribution < -0.4 is 10.6 Å². The Kier molecular flexibility index (Phi) is 7.26. The van der Waals surface area contributed by atoms with Gasteiger partial charge in [-0.05, 0) is 58.5 Å². The molecule has 3 atom stereocenters. The van der Waals surface area contributed by atoms with Crippen molar-refractivity contribution in [2.24, 2.45) is 0 Å². The molecule has 1 aromatic carbocycles. The Morgan fingerprint density at radius 2 is 1.85 bits per heavy atom. The Bertz CT molecular complexity index is 1450. The fraction of sp³-hybridized carbons (Fsp3) is 0.519. The normalized spacial score (nSPS) is 23.1. The summed E-state index contributed by atoms with van der Waals surface area (Å²) in [6, 6.07) is 3.56. The van der Waals surface area contributed by atoms with Gasteiger partial charge in [-0.2, -0.15) is 13.2 Å². The molecule has 0 saturated carbocycles. The fourth-order valence-electron chi connectivity index (χ4n) is 5.74. The average molecular weight is 563 g/mol. The third-order valence-corrected chi connectivity index (χ3v) is 9.37. The van der Waals surface area contributed by atoms with E-state index in [1.165, 1.54) is 6.20 Å². The van der Waals surface area contributed by atoms with E-state index in [1.807, 2.05) is 0 Å². The molecule has 8 bridgehead atoms. The third kappa shape index (κ3) is 5.43. The number of nitrogens with zero attached hydrogens (tertiary/aromatic N) is 4. The first-order chi connectivity index (χ1) is 18.3. The number of fused-ring (bicyclic) bond motifs is 6. The number of nitrogens with one attached hydrogen (secondary N) is 2. The summed E-state index contributed by atoms with van der Waals surface area (Å²) in [6.07, 6.45) is 1.10. The first-order valence-corrected chi connectivity index (χ1v) is 15.8. The zero-order valence-electron chi connectivity index (χ0n) is 22.6. The van der Waals surface area contributed by atoms with Crippen LogP contribution in [0.3, 0.4) is 0 Å². The third-order valence-electron chi connectivity index (χ3n) is 7.83. The molecule has 8 nitrogen and oxygen atoms in total. The second-order valence-corrected chi connectivity index (χ2v) is 14.2. The molecule has 6 rings (SSSR count). The predicted molar refractivity (Wildman–Crippen MR) is 147 cm³/mol. The number of H-pyrrole nitrogens is 1. The number of benzene rings is 1. The fourth-order valence-corrected chi connectivity index (χ4v) is 7.21. The van der Waals surface area contributed by atoms with Crippen LogP contribution in [0.1, 0.15) is 48.5 Å². The molecule has 3 aliphatic rings. The zero-order valence-corrected chi connectivity index (χ0v) is 23.5. The Hall–Kier alpha value is -2.91. The maximum atomic E-state index is 14.1. The number of amides is 1. The first kappa shape index (κ1) is 27.6. The lowest BCUT2D eigenvalue weighted by Crippen LogP contribution is -2.47. The molecule has 3 aromatic rings. The first-order valence-electron chi connectivity index (χ1n) is 13.2. The number of halogens is 3. The van der Waals surface area contributed by atoms with Crippen LogP contribution in [0, 0.1) is 0 Å².